The Kier molecular flexibility index (Phi) is 7.77. The number of amides is 1. The summed E-state index contributed by atoms with van der Waals surface area (Å²) in [6.07, 6.45) is 2.40. The summed E-state index contributed by atoms with van der Waals surface area (Å²) in [5, 5.41) is 7.12. The lowest BCUT2D eigenvalue weighted by Gasteiger charge is -2.40. The fourth-order valence-corrected chi connectivity index (χ4v) is 5.43. The molecule has 0 radical (unpaired) electrons. The van der Waals surface area contributed by atoms with Crippen molar-refractivity contribution in [1.82, 2.24) is 14.9 Å². The quantitative estimate of drug-likeness (QED) is 0.682. The van der Waals surface area contributed by atoms with Crippen LogP contribution in [0.15, 0.2) is 42.7 Å². The number of piperidine rings is 1. The highest BCUT2D eigenvalue weighted by Gasteiger charge is 2.46. The number of hydrogen-bond acceptors (Lipinski definition) is 6. The first-order valence-corrected chi connectivity index (χ1v) is 12.0. The number of carboxylic acids is 1. The van der Waals surface area contributed by atoms with Crippen molar-refractivity contribution in [3.8, 4) is 0 Å². The number of morpholine rings is 1. The molecular weight excluding hydrogens is 477 g/mol. The topological polar surface area (TPSA) is 95.9 Å². The minimum absolute atomic E-state index is 0.178. The number of rotatable bonds is 3. The molecular formula is C25H29F3N4O4. The van der Waals surface area contributed by atoms with Gasteiger partial charge in [-0.25, -0.2) is 14.8 Å². The van der Waals surface area contributed by atoms with E-state index in [1.54, 1.807) is 0 Å². The molecule has 1 aromatic carbocycles. The second-order valence-electron chi connectivity index (χ2n) is 9.30. The monoisotopic (exact) mass is 506 g/mol. The number of benzene rings is 1. The normalized spacial score (nSPS) is 20.9. The molecule has 0 bridgehead atoms. The lowest BCUT2D eigenvalue weighted by Crippen LogP contribution is -2.43. The number of carbonyl (C=O) groups is 2. The van der Waals surface area contributed by atoms with Crippen LogP contribution in [0.4, 0.5) is 19.1 Å². The van der Waals surface area contributed by atoms with Crippen LogP contribution in [0.1, 0.15) is 42.7 Å². The molecule has 1 atom stereocenters. The van der Waals surface area contributed by atoms with Crippen molar-refractivity contribution in [3.63, 3.8) is 0 Å². The van der Waals surface area contributed by atoms with Crippen molar-refractivity contribution >= 4 is 17.8 Å². The van der Waals surface area contributed by atoms with Crippen LogP contribution in [0.3, 0.4) is 0 Å². The lowest BCUT2D eigenvalue weighted by atomic mass is 9.73. The molecule has 8 nitrogen and oxygen atoms in total. The Morgan fingerprint density at radius 3 is 2.25 bits per heavy atom. The van der Waals surface area contributed by atoms with Gasteiger partial charge in [0, 0.05) is 45.0 Å². The maximum atomic E-state index is 12.9. The smallest absolute Gasteiger partial charge is 0.475 e. The average Bonchev–Trinajstić information content (AvgIpc) is 3.18. The number of fused-ring (bicyclic) bond motifs is 2. The predicted octanol–water partition coefficient (Wildman–Crippen LogP) is 3.38. The molecule has 3 heterocycles. The van der Waals surface area contributed by atoms with Gasteiger partial charge in [0.2, 0.25) is 11.9 Å². The van der Waals surface area contributed by atoms with Crippen molar-refractivity contribution < 1.29 is 32.6 Å². The Labute approximate surface area is 207 Å². The second kappa shape index (κ2) is 10.8. The average molecular weight is 507 g/mol. The number of halogens is 3. The molecule has 2 aromatic rings. The van der Waals surface area contributed by atoms with Crippen molar-refractivity contribution in [2.45, 2.75) is 43.2 Å². The van der Waals surface area contributed by atoms with Gasteiger partial charge in [-0.15, -0.1) is 0 Å². The summed E-state index contributed by atoms with van der Waals surface area (Å²) >= 11 is 0. The highest BCUT2D eigenvalue weighted by Crippen LogP contribution is 2.52. The first-order chi connectivity index (χ1) is 17.2. The molecule has 1 N–H and O–H groups in total. The number of aromatic nitrogens is 2. The van der Waals surface area contributed by atoms with Gasteiger partial charge in [-0.3, -0.25) is 4.79 Å². The van der Waals surface area contributed by atoms with E-state index in [4.69, 9.17) is 14.6 Å². The van der Waals surface area contributed by atoms with Crippen LogP contribution in [0.2, 0.25) is 0 Å². The van der Waals surface area contributed by atoms with E-state index in [2.05, 4.69) is 39.1 Å². The SMILES string of the molecule is O=C(CC1CC2(CCN(c3ncccn3)CC2)c2ccccc21)N1CCOCC1.O=C(O)C(F)(F)F. The summed E-state index contributed by atoms with van der Waals surface area (Å²) in [5.41, 5.74) is 3.03. The summed E-state index contributed by atoms with van der Waals surface area (Å²) in [7, 11) is 0. The number of aliphatic carboxylic acids is 1. The number of ether oxygens (including phenoxy) is 1. The zero-order valence-corrected chi connectivity index (χ0v) is 19.8. The van der Waals surface area contributed by atoms with Gasteiger partial charge in [0.15, 0.2) is 0 Å². The predicted molar refractivity (Wildman–Crippen MR) is 125 cm³/mol. The summed E-state index contributed by atoms with van der Waals surface area (Å²) < 4.78 is 37.1. The molecule has 11 heteroatoms. The Bertz CT molecular complexity index is 1050. The molecule has 2 aliphatic heterocycles. The van der Waals surface area contributed by atoms with Gasteiger partial charge >= 0.3 is 12.1 Å². The standard InChI is InChI=1S/C23H28N4O2.C2HF3O2/c28-21(26-12-14-29-15-13-26)16-18-17-23(20-5-2-1-4-19(18)20)6-10-27(11-7-23)22-24-8-3-9-25-22;3-2(4,5)1(6)7/h1-5,8-9,18H,6-7,10-17H2;(H,6,7). The molecule has 36 heavy (non-hydrogen) atoms. The van der Waals surface area contributed by atoms with Crippen LogP contribution >= 0.6 is 0 Å². The molecule has 1 aromatic heterocycles. The molecule has 1 unspecified atom stereocenters. The van der Waals surface area contributed by atoms with Gasteiger partial charge in [0.05, 0.1) is 13.2 Å². The molecule has 5 rings (SSSR count). The van der Waals surface area contributed by atoms with Crippen LogP contribution in [0, 0.1) is 0 Å². The highest BCUT2D eigenvalue weighted by atomic mass is 19.4. The van der Waals surface area contributed by atoms with Crippen molar-refractivity contribution in [2.75, 3.05) is 44.3 Å². The summed E-state index contributed by atoms with van der Waals surface area (Å²) in [4.78, 5) is 34.9. The fourth-order valence-electron chi connectivity index (χ4n) is 5.43. The minimum Gasteiger partial charge on any atom is -0.475 e. The van der Waals surface area contributed by atoms with E-state index in [1.165, 1.54) is 11.1 Å². The van der Waals surface area contributed by atoms with E-state index < -0.39 is 12.1 Å². The van der Waals surface area contributed by atoms with Gasteiger partial charge in [0.1, 0.15) is 0 Å². The number of anilines is 1. The van der Waals surface area contributed by atoms with Gasteiger partial charge < -0.3 is 19.6 Å². The Balaban J connectivity index is 0.000000384. The number of nitrogens with zero attached hydrogens (tertiary/aromatic N) is 4. The van der Waals surface area contributed by atoms with Crippen LogP contribution in [0.5, 0.6) is 0 Å². The lowest BCUT2D eigenvalue weighted by molar-refractivity contribution is -0.192. The zero-order valence-electron chi connectivity index (χ0n) is 19.8. The molecule has 194 valence electrons. The van der Waals surface area contributed by atoms with Gasteiger partial charge in [-0.1, -0.05) is 24.3 Å². The van der Waals surface area contributed by atoms with Crippen molar-refractivity contribution in [1.29, 1.82) is 0 Å². The van der Waals surface area contributed by atoms with Crippen LogP contribution in [0.25, 0.3) is 0 Å². The third-order valence-corrected chi connectivity index (χ3v) is 7.19. The molecule has 1 amide bonds. The molecule has 0 saturated carbocycles. The minimum atomic E-state index is -5.08. The van der Waals surface area contributed by atoms with Crippen molar-refractivity contribution in [3.05, 3.63) is 53.9 Å². The molecule has 1 spiro atoms. The second-order valence-corrected chi connectivity index (χ2v) is 9.30. The van der Waals surface area contributed by atoms with Gasteiger partial charge in [0.25, 0.3) is 0 Å². The third kappa shape index (κ3) is 5.77. The number of carboxylic acid groups (broad SMARTS) is 1. The Morgan fingerprint density at radius 1 is 1.03 bits per heavy atom. The van der Waals surface area contributed by atoms with Gasteiger partial charge in [-0.05, 0) is 47.8 Å². The largest absolute Gasteiger partial charge is 0.490 e. The van der Waals surface area contributed by atoms with Crippen LogP contribution in [-0.2, 0) is 19.7 Å². The molecule has 2 saturated heterocycles. The van der Waals surface area contributed by atoms with Crippen LogP contribution in [-0.4, -0.2) is 77.4 Å². The van der Waals surface area contributed by atoms with Crippen molar-refractivity contribution in [2.24, 2.45) is 0 Å². The van der Waals surface area contributed by atoms with E-state index in [1.807, 2.05) is 23.4 Å². The first-order valence-electron chi connectivity index (χ1n) is 12.0. The van der Waals surface area contributed by atoms with Gasteiger partial charge in [-0.2, -0.15) is 13.2 Å². The fraction of sp³-hybridized carbons (Fsp3) is 0.520. The highest BCUT2D eigenvalue weighted by molar-refractivity contribution is 5.77. The number of carbonyl (C=O) groups excluding carboxylic acids is 1. The summed E-state index contributed by atoms with van der Waals surface area (Å²) in [6, 6.07) is 10.7. The maximum absolute atomic E-state index is 12.9. The Hall–Kier alpha value is -3.21. The Morgan fingerprint density at radius 2 is 1.64 bits per heavy atom. The van der Waals surface area contributed by atoms with E-state index in [9.17, 15) is 18.0 Å². The van der Waals surface area contributed by atoms with E-state index in [-0.39, 0.29) is 11.3 Å². The first kappa shape index (κ1) is 25.9. The third-order valence-electron chi connectivity index (χ3n) is 7.19. The summed E-state index contributed by atoms with van der Waals surface area (Å²) in [6.45, 7) is 4.70. The molecule has 3 aliphatic rings. The van der Waals surface area contributed by atoms with E-state index in [0.29, 0.717) is 25.6 Å². The summed E-state index contributed by atoms with van der Waals surface area (Å²) in [5.74, 6) is -1.33. The van der Waals surface area contributed by atoms with Crippen LogP contribution < -0.4 is 4.90 Å². The zero-order chi connectivity index (χ0) is 25.8. The molecule has 2 fully saturated rings. The van der Waals surface area contributed by atoms with E-state index >= 15 is 0 Å². The number of hydrogen-bond donors (Lipinski definition) is 1. The molecule has 1 aliphatic carbocycles. The number of alkyl halides is 3. The maximum Gasteiger partial charge on any atom is 0.490 e. The van der Waals surface area contributed by atoms with E-state index in [0.717, 1.165) is 51.4 Å².